The molecule has 0 radical (unpaired) electrons. The van der Waals surface area contributed by atoms with E-state index in [0.29, 0.717) is 12.3 Å². The van der Waals surface area contributed by atoms with Crippen LogP contribution in [0.25, 0.3) is 4.96 Å². The lowest BCUT2D eigenvalue weighted by molar-refractivity contribution is 0.0669. The van der Waals surface area contributed by atoms with Gasteiger partial charge in [-0.05, 0) is 43.4 Å². The van der Waals surface area contributed by atoms with Gasteiger partial charge in [-0.3, -0.25) is 4.40 Å². The summed E-state index contributed by atoms with van der Waals surface area (Å²) in [5.41, 5.74) is 1.02. The molecule has 1 N–H and O–H groups in total. The fourth-order valence-electron chi connectivity index (χ4n) is 3.45. The molecule has 3 nitrogen and oxygen atoms in total. The largest absolute Gasteiger partial charge is 0.392 e. The summed E-state index contributed by atoms with van der Waals surface area (Å²) in [6, 6.07) is 0. The number of aromatic nitrogens is 2. The van der Waals surface area contributed by atoms with Crippen molar-refractivity contribution >= 4 is 16.3 Å². The van der Waals surface area contributed by atoms with Crippen molar-refractivity contribution < 1.29 is 5.11 Å². The van der Waals surface area contributed by atoms with Gasteiger partial charge in [-0.1, -0.05) is 13.8 Å². The third-order valence-corrected chi connectivity index (χ3v) is 5.64. The summed E-state index contributed by atoms with van der Waals surface area (Å²) in [7, 11) is 0. The maximum absolute atomic E-state index is 10.5. The molecule has 2 aromatic heterocycles. The van der Waals surface area contributed by atoms with E-state index in [1.165, 1.54) is 25.7 Å². The molecule has 4 heteroatoms. The van der Waals surface area contributed by atoms with Crippen LogP contribution in [0.1, 0.15) is 45.2 Å². The third kappa shape index (κ3) is 2.91. The molecule has 0 aromatic carbocycles. The Balaban J connectivity index is 1.57. The zero-order valence-corrected chi connectivity index (χ0v) is 13.1. The van der Waals surface area contributed by atoms with Gasteiger partial charge in [-0.25, -0.2) is 4.98 Å². The second kappa shape index (κ2) is 5.86. The quantitative estimate of drug-likeness (QED) is 0.931. The Bertz CT molecular complexity index is 523. The summed E-state index contributed by atoms with van der Waals surface area (Å²) >= 11 is 1.64. The molecule has 3 rings (SSSR count). The maximum Gasteiger partial charge on any atom is 0.193 e. The van der Waals surface area contributed by atoms with E-state index in [0.717, 1.165) is 22.5 Å². The van der Waals surface area contributed by atoms with Crippen molar-refractivity contribution in [2.45, 2.75) is 52.1 Å². The van der Waals surface area contributed by atoms with E-state index >= 15 is 0 Å². The summed E-state index contributed by atoms with van der Waals surface area (Å²) in [5.74, 6) is 2.11. The Labute approximate surface area is 124 Å². The Hall–Kier alpha value is -0.870. The normalized spacial score (nSPS) is 25.4. The van der Waals surface area contributed by atoms with Crippen LogP contribution in [-0.2, 0) is 6.42 Å². The minimum Gasteiger partial charge on any atom is -0.392 e. The zero-order chi connectivity index (χ0) is 14.1. The van der Waals surface area contributed by atoms with E-state index in [2.05, 4.69) is 25.0 Å². The first-order chi connectivity index (χ1) is 9.63. The highest BCUT2D eigenvalue weighted by Gasteiger charge is 2.28. The van der Waals surface area contributed by atoms with Gasteiger partial charge in [0.05, 0.1) is 11.8 Å². The van der Waals surface area contributed by atoms with Crippen molar-refractivity contribution in [2.75, 3.05) is 0 Å². The zero-order valence-electron chi connectivity index (χ0n) is 12.3. The maximum atomic E-state index is 10.5. The molecule has 1 unspecified atom stereocenters. The van der Waals surface area contributed by atoms with Crippen molar-refractivity contribution in [1.82, 2.24) is 9.38 Å². The van der Waals surface area contributed by atoms with E-state index in [9.17, 15) is 5.11 Å². The van der Waals surface area contributed by atoms with Crippen molar-refractivity contribution in [3.8, 4) is 0 Å². The SMILES string of the molecule is CC(C)C1CCC(C(O)Cc2cn3ccsc3n2)CC1. The van der Waals surface area contributed by atoms with Crippen molar-refractivity contribution in [3.63, 3.8) is 0 Å². The van der Waals surface area contributed by atoms with Crippen LogP contribution in [0.15, 0.2) is 17.8 Å². The van der Waals surface area contributed by atoms with Crippen molar-refractivity contribution in [2.24, 2.45) is 17.8 Å². The number of imidazole rings is 1. The number of aliphatic hydroxyl groups is 1. The topological polar surface area (TPSA) is 37.5 Å². The monoisotopic (exact) mass is 292 g/mol. The minimum atomic E-state index is -0.229. The first kappa shape index (κ1) is 14.1. The molecule has 110 valence electrons. The summed E-state index contributed by atoms with van der Waals surface area (Å²) < 4.78 is 2.04. The van der Waals surface area contributed by atoms with Gasteiger partial charge in [-0.15, -0.1) is 11.3 Å². The summed E-state index contributed by atoms with van der Waals surface area (Å²) in [6.45, 7) is 4.64. The number of aliphatic hydroxyl groups excluding tert-OH is 1. The van der Waals surface area contributed by atoms with Crippen LogP contribution >= 0.6 is 11.3 Å². The lowest BCUT2D eigenvalue weighted by Gasteiger charge is -2.33. The van der Waals surface area contributed by atoms with Gasteiger partial charge >= 0.3 is 0 Å². The standard InChI is InChI=1S/C16H24N2OS/c1-11(2)12-3-5-13(6-4-12)15(19)9-14-10-18-7-8-20-16(18)17-14/h7-8,10-13,15,19H,3-6,9H2,1-2H3. The molecular formula is C16H24N2OS. The highest BCUT2D eigenvalue weighted by atomic mass is 32.1. The molecule has 1 fully saturated rings. The lowest BCUT2D eigenvalue weighted by atomic mass is 9.74. The van der Waals surface area contributed by atoms with E-state index < -0.39 is 0 Å². The second-order valence-electron chi connectivity index (χ2n) is 6.52. The molecule has 1 aliphatic rings. The Kier molecular flexibility index (Phi) is 4.13. The highest BCUT2D eigenvalue weighted by molar-refractivity contribution is 7.15. The van der Waals surface area contributed by atoms with E-state index in [1.807, 2.05) is 16.0 Å². The van der Waals surface area contributed by atoms with Crippen LogP contribution in [-0.4, -0.2) is 20.6 Å². The molecule has 2 heterocycles. The fraction of sp³-hybridized carbons (Fsp3) is 0.688. The van der Waals surface area contributed by atoms with Crippen LogP contribution in [0.5, 0.6) is 0 Å². The van der Waals surface area contributed by atoms with Crippen LogP contribution in [0.4, 0.5) is 0 Å². The number of fused-ring (bicyclic) bond motifs is 1. The predicted octanol–water partition coefficient (Wildman–Crippen LogP) is 3.76. The average Bonchev–Trinajstić information content (AvgIpc) is 2.99. The Morgan fingerprint density at radius 3 is 2.65 bits per heavy atom. The molecule has 0 aliphatic heterocycles. The van der Waals surface area contributed by atoms with Crippen molar-refractivity contribution in [1.29, 1.82) is 0 Å². The molecule has 2 aromatic rings. The molecule has 1 aliphatic carbocycles. The van der Waals surface area contributed by atoms with Crippen LogP contribution in [0, 0.1) is 17.8 Å². The second-order valence-corrected chi connectivity index (χ2v) is 7.39. The molecular weight excluding hydrogens is 268 g/mol. The fourth-order valence-corrected chi connectivity index (χ4v) is 4.17. The van der Waals surface area contributed by atoms with Crippen molar-refractivity contribution in [3.05, 3.63) is 23.5 Å². The number of hydrogen-bond donors (Lipinski definition) is 1. The first-order valence-electron chi connectivity index (χ1n) is 7.72. The highest BCUT2D eigenvalue weighted by Crippen LogP contribution is 2.35. The molecule has 20 heavy (non-hydrogen) atoms. The van der Waals surface area contributed by atoms with E-state index in [4.69, 9.17) is 0 Å². The Morgan fingerprint density at radius 2 is 2.00 bits per heavy atom. The molecule has 1 atom stereocenters. The van der Waals surface area contributed by atoms with E-state index in [-0.39, 0.29) is 6.10 Å². The number of rotatable bonds is 4. The van der Waals surface area contributed by atoms with Crippen LogP contribution in [0.2, 0.25) is 0 Å². The van der Waals surface area contributed by atoms with E-state index in [1.54, 1.807) is 11.3 Å². The van der Waals surface area contributed by atoms with Crippen LogP contribution in [0.3, 0.4) is 0 Å². The van der Waals surface area contributed by atoms with Gasteiger partial charge in [-0.2, -0.15) is 0 Å². The summed E-state index contributed by atoms with van der Waals surface area (Å²) in [5, 5.41) is 12.5. The average molecular weight is 292 g/mol. The number of nitrogens with zero attached hydrogens (tertiary/aromatic N) is 2. The van der Waals surface area contributed by atoms with Gasteiger partial charge in [0, 0.05) is 24.2 Å². The molecule has 1 saturated carbocycles. The summed E-state index contributed by atoms with van der Waals surface area (Å²) in [6.07, 6.45) is 9.44. The van der Waals surface area contributed by atoms with Crippen LogP contribution < -0.4 is 0 Å². The Morgan fingerprint density at radius 1 is 1.30 bits per heavy atom. The van der Waals surface area contributed by atoms with Gasteiger partial charge in [0.25, 0.3) is 0 Å². The molecule has 0 spiro atoms. The number of thiazole rings is 1. The van der Waals surface area contributed by atoms with Gasteiger partial charge < -0.3 is 5.11 Å². The summed E-state index contributed by atoms with van der Waals surface area (Å²) in [4.78, 5) is 5.60. The predicted molar refractivity (Wildman–Crippen MR) is 83.1 cm³/mol. The molecule has 0 amide bonds. The first-order valence-corrected chi connectivity index (χ1v) is 8.60. The van der Waals surface area contributed by atoms with Gasteiger partial charge in [0.15, 0.2) is 4.96 Å². The third-order valence-electron chi connectivity index (χ3n) is 4.86. The van der Waals surface area contributed by atoms with Gasteiger partial charge in [0.2, 0.25) is 0 Å². The lowest BCUT2D eigenvalue weighted by Crippen LogP contribution is -2.28. The van der Waals surface area contributed by atoms with Gasteiger partial charge in [0.1, 0.15) is 0 Å². The smallest absolute Gasteiger partial charge is 0.193 e. The minimum absolute atomic E-state index is 0.229. The molecule has 0 bridgehead atoms. The molecule has 0 saturated heterocycles. The number of hydrogen-bond acceptors (Lipinski definition) is 3.